The molecule has 0 aliphatic carbocycles. The van der Waals surface area contributed by atoms with Crippen LogP contribution >= 0.6 is 0 Å². The molecule has 1 atom stereocenters. The third-order valence-corrected chi connectivity index (χ3v) is 3.93. The van der Waals surface area contributed by atoms with Gasteiger partial charge in [0.25, 0.3) is 0 Å². The van der Waals surface area contributed by atoms with Gasteiger partial charge in [0.05, 0.1) is 19.1 Å². The van der Waals surface area contributed by atoms with E-state index in [2.05, 4.69) is 5.32 Å². The van der Waals surface area contributed by atoms with Crippen molar-refractivity contribution >= 4 is 5.91 Å². The van der Waals surface area contributed by atoms with Gasteiger partial charge in [0, 0.05) is 18.6 Å². The fraction of sp³-hybridized carbons (Fsp3) is 0.923. The minimum atomic E-state index is -0.161. The lowest BCUT2D eigenvalue weighted by atomic mass is 9.83. The van der Waals surface area contributed by atoms with Crippen LogP contribution in [0.25, 0.3) is 0 Å². The predicted octanol–water partition coefficient (Wildman–Crippen LogP) is 1.47. The van der Waals surface area contributed by atoms with Crippen molar-refractivity contribution in [1.29, 1.82) is 0 Å². The Balaban J connectivity index is 2.30. The molecule has 1 fully saturated rings. The molecule has 0 saturated carbocycles. The van der Waals surface area contributed by atoms with Gasteiger partial charge in [-0.2, -0.15) is 0 Å². The van der Waals surface area contributed by atoms with Gasteiger partial charge in [0.2, 0.25) is 5.91 Å². The average Bonchev–Trinajstić information content (AvgIpc) is 2.84. The van der Waals surface area contributed by atoms with E-state index >= 15 is 0 Å². The Morgan fingerprint density at radius 2 is 2.18 bits per heavy atom. The van der Waals surface area contributed by atoms with Crippen LogP contribution in [0.3, 0.4) is 0 Å². The number of ether oxygens (including phenoxy) is 1. The second-order valence-corrected chi connectivity index (χ2v) is 4.98. The van der Waals surface area contributed by atoms with Crippen molar-refractivity contribution in [3.63, 3.8) is 0 Å². The lowest BCUT2D eigenvalue weighted by Crippen LogP contribution is -2.40. The third kappa shape index (κ3) is 4.28. The normalized spacial score (nSPS) is 20.5. The van der Waals surface area contributed by atoms with E-state index < -0.39 is 0 Å². The number of aliphatic hydroxyl groups excluding tert-OH is 1. The molecule has 0 spiro atoms. The van der Waals surface area contributed by atoms with E-state index in [-0.39, 0.29) is 24.0 Å². The van der Waals surface area contributed by atoms with Gasteiger partial charge in [-0.25, -0.2) is 0 Å². The third-order valence-electron chi connectivity index (χ3n) is 3.93. The van der Waals surface area contributed by atoms with Crippen molar-refractivity contribution in [2.24, 2.45) is 5.41 Å². The molecular formula is C13H25NO3. The number of rotatable bonds is 7. The van der Waals surface area contributed by atoms with Crippen LogP contribution in [0.4, 0.5) is 0 Å². The van der Waals surface area contributed by atoms with Crippen LogP contribution in [0.5, 0.6) is 0 Å². The van der Waals surface area contributed by atoms with Gasteiger partial charge in [-0.05, 0) is 25.7 Å². The summed E-state index contributed by atoms with van der Waals surface area (Å²) < 4.78 is 5.42. The van der Waals surface area contributed by atoms with Gasteiger partial charge in [0.1, 0.15) is 0 Å². The number of carbonyl (C=O) groups is 1. The first kappa shape index (κ1) is 14.5. The molecule has 1 aliphatic rings. The fourth-order valence-electron chi connectivity index (χ4n) is 2.15. The Morgan fingerprint density at radius 3 is 2.65 bits per heavy atom. The summed E-state index contributed by atoms with van der Waals surface area (Å²) in [6, 6.07) is 0. The topological polar surface area (TPSA) is 58.6 Å². The van der Waals surface area contributed by atoms with Crippen LogP contribution in [0, 0.1) is 5.41 Å². The molecule has 17 heavy (non-hydrogen) atoms. The monoisotopic (exact) mass is 243 g/mol. The molecule has 0 aromatic heterocycles. The Labute approximate surface area is 104 Å². The molecule has 0 bridgehead atoms. The molecule has 1 saturated heterocycles. The molecule has 4 heteroatoms. The maximum atomic E-state index is 11.7. The van der Waals surface area contributed by atoms with E-state index in [1.165, 1.54) is 0 Å². The van der Waals surface area contributed by atoms with Crippen molar-refractivity contribution < 1.29 is 14.6 Å². The highest BCUT2D eigenvalue weighted by molar-refractivity contribution is 5.76. The fourth-order valence-corrected chi connectivity index (χ4v) is 2.15. The second-order valence-electron chi connectivity index (χ2n) is 4.98. The van der Waals surface area contributed by atoms with Crippen LogP contribution in [-0.4, -0.2) is 36.9 Å². The molecule has 100 valence electrons. The van der Waals surface area contributed by atoms with E-state index in [0.717, 1.165) is 32.3 Å². The Bertz CT molecular complexity index is 225. The van der Waals surface area contributed by atoms with Crippen molar-refractivity contribution in [2.75, 3.05) is 19.8 Å². The van der Waals surface area contributed by atoms with Crippen molar-refractivity contribution in [2.45, 2.75) is 52.1 Å². The molecule has 0 aromatic carbocycles. The number of amides is 1. The van der Waals surface area contributed by atoms with Crippen LogP contribution in [0.1, 0.15) is 46.0 Å². The maximum Gasteiger partial charge on any atom is 0.222 e. The predicted molar refractivity (Wildman–Crippen MR) is 66.7 cm³/mol. The summed E-state index contributed by atoms with van der Waals surface area (Å²) >= 11 is 0. The molecule has 1 amide bonds. The Morgan fingerprint density at radius 1 is 1.47 bits per heavy atom. The number of aliphatic hydroxyl groups is 1. The molecule has 1 heterocycles. The van der Waals surface area contributed by atoms with Gasteiger partial charge >= 0.3 is 0 Å². The van der Waals surface area contributed by atoms with E-state index in [1.54, 1.807) is 0 Å². The van der Waals surface area contributed by atoms with Crippen LogP contribution in [0.2, 0.25) is 0 Å². The smallest absolute Gasteiger partial charge is 0.222 e. The summed E-state index contributed by atoms with van der Waals surface area (Å²) in [7, 11) is 0. The van der Waals surface area contributed by atoms with Gasteiger partial charge in [0.15, 0.2) is 0 Å². The van der Waals surface area contributed by atoms with Crippen molar-refractivity contribution in [1.82, 2.24) is 5.32 Å². The molecule has 0 radical (unpaired) electrons. The molecule has 0 aromatic rings. The van der Waals surface area contributed by atoms with E-state index in [0.29, 0.717) is 13.0 Å². The van der Waals surface area contributed by atoms with Crippen LogP contribution in [0.15, 0.2) is 0 Å². The lowest BCUT2D eigenvalue weighted by Gasteiger charge is -2.29. The largest absolute Gasteiger partial charge is 0.396 e. The minimum Gasteiger partial charge on any atom is -0.396 e. The summed E-state index contributed by atoms with van der Waals surface area (Å²) in [5.74, 6) is 0.0385. The van der Waals surface area contributed by atoms with Crippen LogP contribution < -0.4 is 5.32 Å². The molecule has 1 unspecified atom stereocenters. The molecule has 4 nitrogen and oxygen atoms in total. The highest BCUT2D eigenvalue weighted by Gasteiger charge is 2.26. The van der Waals surface area contributed by atoms with Gasteiger partial charge in [-0.15, -0.1) is 0 Å². The SMILES string of the molecule is CCC(CC)(CO)CNC(=O)CC1CCCO1. The Hall–Kier alpha value is -0.610. The number of carbonyl (C=O) groups excluding carboxylic acids is 1. The number of hydrogen-bond acceptors (Lipinski definition) is 3. The zero-order valence-corrected chi connectivity index (χ0v) is 11.0. The van der Waals surface area contributed by atoms with Crippen molar-refractivity contribution in [3.05, 3.63) is 0 Å². The quantitative estimate of drug-likeness (QED) is 0.712. The van der Waals surface area contributed by atoms with Gasteiger partial charge in [-0.3, -0.25) is 4.79 Å². The zero-order valence-electron chi connectivity index (χ0n) is 11.0. The van der Waals surface area contributed by atoms with Gasteiger partial charge in [-0.1, -0.05) is 13.8 Å². The highest BCUT2D eigenvalue weighted by atomic mass is 16.5. The average molecular weight is 243 g/mol. The number of hydrogen-bond donors (Lipinski definition) is 2. The van der Waals surface area contributed by atoms with Crippen molar-refractivity contribution in [3.8, 4) is 0 Å². The highest BCUT2D eigenvalue weighted by Crippen LogP contribution is 2.24. The summed E-state index contributed by atoms with van der Waals surface area (Å²) in [6.07, 6.45) is 4.35. The summed E-state index contributed by atoms with van der Waals surface area (Å²) in [4.78, 5) is 11.7. The first-order chi connectivity index (χ1) is 8.15. The zero-order chi connectivity index (χ0) is 12.7. The summed E-state index contributed by atoms with van der Waals surface area (Å²) in [5.41, 5.74) is -0.161. The number of nitrogens with one attached hydrogen (secondary N) is 1. The van der Waals surface area contributed by atoms with E-state index in [9.17, 15) is 9.90 Å². The molecule has 1 rings (SSSR count). The van der Waals surface area contributed by atoms with Crippen LogP contribution in [-0.2, 0) is 9.53 Å². The summed E-state index contributed by atoms with van der Waals surface area (Å²) in [6.45, 7) is 5.56. The first-order valence-electron chi connectivity index (χ1n) is 6.65. The lowest BCUT2D eigenvalue weighted by molar-refractivity contribution is -0.123. The molecular weight excluding hydrogens is 218 g/mol. The second kappa shape index (κ2) is 6.97. The Kier molecular flexibility index (Phi) is 5.92. The minimum absolute atomic E-state index is 0.0385. The van der Waals surface area contributed by atoms with E-state index in [1.807, 2.05) is 13.8 Å². The summed E-state index contributed by atoms with van der Waals surface area (Å²) in [5, 5.41) is 12.3. The molecule has 1 aliphatic heterocycles. The standard InChI is InChI=1S/C13H25NO3/c1-3-13(4-2,10-15)9-14-12(16)8-11-6-5-7-17-11/h11,15H,3-10H2,1-2H3,(H,14,16). The maximum absolute atomic E-state index is 11.7. The molecule has 2 N–H and O–H groups in total. The van der Waals surface area contributed by atoms with Gasteiger partial charge < -0.3 is 15.2 Å². The first-order valence-corrected chi connectivity index (χ1v) is 6.65. The van der Waals surface area contributed by atoms with E-state index in [4.69, 9.17) is 4.74 Å².